The van der Waals surface area contributed by atoms with Gasteiger partial charge in [0, 0.05) is 15.7 Å². The molecule has 0 N–H and O–H groups in total. The minimum atomic E-state index is -4.44. The average Bonchev–Trinajstić information content (AvgIpc) is 2.55. The number of halogens is 5. The second-order valence-electron chi connectivity index (χ2n) is 4.82. The summed E-state index contributed by atoms with van der Waals surface area (Å²) in [4.78, 5) is 12.0. The summed E-state index contributed by atoms with van der Waals surface area (Å²) in [6.07, 6.45) is 0. The molecule has 1 heterocycles. The Kier molecular flexibility index (Phi) is 5.67. The summed E-state index contributed by atoms with van der Waals surface area (Å²) < 4.78 is 48.4. The standard InChI is InChI=1S/C16H7Cl2F3O3S2/c17-8-3-1-4-9(18)15(8)24-11-7-13(22)23-10-5-2-6-12(14(10)11)25-26-16(19,20)21/h1-7H. The van der Waals surface area contributed by atoms with Crippen molar-refractivity contribution in [3.05, 3.63) is 62.9 Å². The van der Waals surface area contributed by atoms with Crippen LogP contribution in [0.25, 0.3) is 11.0 Å². The lowest BCUT2D eigenvalue weighted by Gasteiger charge is -2.13. The fraction of sp³-hybridized carbons (Fsp3) is 0.0625. The molecule has 2 aromatic carbocycles. The van der Waals surface area contributed by atoms with Crippen molar-refractivity contribution in [2.24, 2.45) is 0 Å². The number of ether oxygens (including phenoxy) is 1. The summed E-state index contributed by atoms with van der Waals surface area (Å²) in [5.41, 5.74) is -5.07. The van der Waals surface area contributed by atoms with Gasteiger partial charge in [0.05, 0.1) is 21.5 Å². The van der Waals surface area contributed by atoms with Gasteiger partial charge in [-0.3, -0.25) is 0 Å². The second-order valence-corrected chi connectivity index (χ2v) is 7.87. The van der Waals surface area contributed by atoms with E-state index in [1.807, 2.05) is 0 Å². The molecule has 0 spiro atoms. The van der Waals surface area contributed by atoms with Gasteiger partial charge in [-0.1, -0.05) is 35.3 Å². The highest BCUT2D eigenvalue weighted by atomic mass is 35.5. The van der Waals surface area contributed by atoms with E-state index in [4.69, 9.17) is 32.4 Å². The summed E-state index contributed by atoms with van der Waals surface area (Å²) in [5.74, 6) is 0.0862. The molecule has 0 aliphatic rings. The van der Waals surface area contributed by atoms with E-state index in [1.54, 1.807) is 6.07 Å². The number of alkyl halides is 3. The molecule has 3 rings (SSSR count). The van der Waals surface area contributed by atoms with Crippen LogP contribution < -0.4 is 10.4 Å². The maximum atomic E-state index is 12.6. The van der Waals surface area contributed by atoms with Crippen molar-refractivity contribution >= 4 is 55.8 Å². The Morgan fingerprint density at radius 1 is 1.04 bits per heavy atom. The molecule has 3 nitrogen and oxygen atoms in total. The third kappa shape index (κ3) is 4.43. The molecule has 1 aromatic heterocycles. The lowest BCUT2D eigenvalue weighted by Crippen LogP contribution is -2.00. The van der Waals surface area contributed by atoms with E-state index in [0.29, 0.717) is 10.8 Å². The molecule has 136 valence electrons. The molecular weight excluding hydrogens is 432 g/mol. The minimum absolute atomic E-state index is 0.00266. The van der Waals surface area contributed by atoms with Crippen LogP contribution in [0.2, 0.25) is 10.0 Å². The first-order valence-electron chi connectivity index (χ1n) is 6.86. The summed E-state index contributed by atoms with van der Waals surface area (Å²) in [5, 5.41) is 0.590. The molecule has 0 aliphatic heterocycles. The fourth-order valence-corrected chi connectivity index (χ4v) is 4.13. The van der Waals surface area contributed by atoms with Gasteiger partial charge in [-0.2, -0.15) is 13.2 Å². The van der Waals surface area contributed by atoms with E-state index in [1.165, 1.54) is 30.3 Å². The maximum absolute atomic E-state index is 12.6. The third-order valence-corrected chi connectivity index (χ3v) is 5.79. The van der Waals surface area contributed by atoms with Gasteiger partial charge in [0.25, 0.3) is 0 Å². The van der Waals surface area contributed by atoms with Crippen LogP contribution in [0.1, 0.15) is 0 Å². The summed E-state index contributed by atoms with van der Waals surface area (Å²) >= 11 is 12.1. The van der Waals surface area contributed by atoms with Gasteiger partial charge < -0.3 is 9.15 Å². The fourth-order valence-electron chi connectivity index (χ4n) is 2.09. The zero-order chi connectivity index (χ0) is 18.9. The van der Waals surface area contributed by atoms with Crippen LogP contribution in [-0.2, 0) is 0 Å². The van der Waals surface area contributed by atoms with Crippen LogP contribution in [0.4, 0.5) is 13.2 Å². The van der Waals surface area contributed by atoms with Gasteiger partial charge in [0.1, 0.15) is 11.3 Å². The Labute approximate surface area is 162 Å². The van der Waals surface area contributed by atoms with Crippen LogP contribution in [0.3, 0.4) is 0 Å². The molecule has 26 heavy (non-hydrogen) atoms. The van der Waals surface area contributed by atoms with Gasteiger partial charge in [0.15, 0.2) is 5.75 Å². The predicted octanol–water partition coefficient (Wildman–Crippen LogP) is 7.15. The van der Waals surface area contributed by atoms with Crippen LogP contribution in [-0.4, -0.2) is 5.51 Å². The Morgan fingerprint density at radius 3 is 2.35 bits per heavy atom. The molecule has 0 radical (unpaired) electrons. The van der Waals surface area contributed by atoms with Crippen molar-refractivity contribution in [1.82, 2.24) is 0 Å². The number of hydrogen-bond donors (Lipinski definition) is 0. The smallest absolute Gasteiger partial charge is 0.452 e. The number of rotatable bonds is 4. The van der Waals surface area contributed by atoms with Crippen molar-refractivity contribution in [2.45, 2.75) is 10.4 Å². The average molecular weight is 439 g/mol. The molecule has 0 saturated heterocycles. The van der Waals surface area contributed by atoms with E-state index in [2.05, 4.69) is 0 Å². The third-order valence-electron chi connectivity index (χ3n) is 3.05. The van der Waals surface area contributed by atoms with Crippen molar-refractivity contribution in [2.75, 3.05) is 0 Å². The highest BCUT2D eigenvalue weighted by Crippen LogP contribution is 2.48. The van der Waals surface area contributed by atoms with Gasteiger partial charge >= 0.3 is 11.1 Å². The van der Waals surface area contributed by atoms with Gasteiger partial charge in [-0.25, -0.2) is 4.79 Å². The van der Waals surface area contributed by atoms with Crippen molar-refractivity contribution in [3.8, 4) is 11.5 Å². The van der Waals surface area contributed by atoms with Crippen molar-refractivity contribution in [3.63, 3.8) is 0 Å². The van der Waals surface area contributed by atoms with E-state index >= 15 is 0 Å². The Morgan fingerprint density at radius 2 is 1.69 bits per heavy atom. The Hall–Kier alpha value is -1.48. The molecule has 0 amide bonds. The molecule has 10 heteroatoms. The SMILES string of the molecule is O=c1cc(Oc2c(Cl)cccc2Cl)c2c(SSC(F)(F)F)cccc2o1. The van der Waals surface area contributed by atoms with E-state index in [0.717, 1.165) is 6.07 Å². The highest BCUT2D eigenvalue weighted by molar-refractivity contribution is 8.77. The van der Waals surface area contributed by atoms with E-state index in [-0.39, 0.29) is 48.2 Å². The molecule has 0 saturated carbocycles. The van der Waals surface area contributed by atoms with Gasteiger partial charge in [-0.05, 0) is 35.1 Å². The zero-order valence-electron chi connectivity index (χ0n) is 12.5. The molecule has 0 bridgehead atoms. The maximum Gasteiger partial charge on any atom is 0.452 e. The first kappa shape index (κ1) is 19.3. The van der Waals surface area contributed by atoms with Crippen LogP contribution in [0.15, 0.2) is 56.6 Å². The van der Waals surface area contributed by atoms with Gasteiger partial charge in [-0.15, -0.1) is 0 Å². The Bertz CT molecular complexity index is 1000. The van der Waals surface area contributed by atoms with E-state index in [9.17, 15) is 18.0 Å². The number of fused-ring (bicyclic) bond motifs is 1. The van der Waals surface area contributed by atoms with Crippen molar-refractivity contribution in [1.29, 1.82) is 0 Å². The zero-order valence-corrected chi connectivity index (χ0v) is 15.6. The van der Waals surface area contributed by atoms with Crippen LogP contribution in [0, 0.1) is 0 Å². The quantitative estimate of drug-likeness (QED) is 0.319. The summed E-state index contributed by atoms with van der Waals surface area (Å²) in [7, 11) is 0.196. The molecule has 0 unspecified atom stereocenters. The lowest BCUT2D eigenvalue weighted by atomic mass is 10.2. The first-order chi connectivity index (χ1) is 12.2. The normalized spacial score (nSPS) is 11.7. The molecule has 0 atom stereocenters. The summed E-state index contributed by atoms with van der Waals surface area (Å²) in [6, 6.07) is 10.1. The minimum Gasteiger partial charge on any atom is -0.453 e. The van der Waals surface area contributed by atoms with Crippen LogP contribution >= 0.6 is 44.8 Å². The number of para-hydroxylation sites is 1. The highest BCUT2D eigenvalue weighted by Gasteiger charge is 2.30. The molecule has 0 fully saturated rings. The van der Waals surface area contributed by atoms with Crippen molar-refractivity contribution < 1.29 is 22.3 Å². The monoisotopic (exact) mass is 438 g/mol. The van der Waals surface area contributed by atoms with Crippen LogP contribution in [0.5, 0.6) is 11.5 Å². The predicted molar refractivity (Wildman–Crippen MR) is 98.5 cm³/mol. The first-order valence-corrected chi connectivity index (χ1v) is 9.76. The number of hydrogen-bond acceptors (Lipinski definition) is 5. The summed E-state index contributed by atoms with van der Waals surface area (Å²) in [6.45, 7) is 0. The molecule has 3 aromatic rings. The molecule has 0 aliphatic carbocycles. The van der Waals surface area contributed by atoms with E-state index < -0.39 is 11.1 Å². The largest absolute Gasteiger partial charge is 0.453 e. The Balaban J connectivity index is 2.13. The lowest BCUT2D eigenvalue weighted by molar-refractivity contribution is -0.0311. The topological polar surface area (TPSA) is 39.4 Å². The van der Waals surface area contributed by atoms with Gasteiger partial charge in [0.2, 0.25) is 0 Å². The second kappa shape index (κ2) is 7.64. The molecular formula is C16H7Cl2F3O3S2. The number of benzene rings is 2.